The summed E-state index contributed by atoms with van der Waals surface area (Å²) in [6.45, 7) is -1.68. The van der Waals surface area contributed by atoms with Gasteiger partial charge in [-0.3, -0.25) is 38.4 Å². The fourth-order valence-electron chi connectivity index (χ4n) is 7.19. The Morgan fingerprint density at radius 3 is 1.49 bits per heavy atom. The molecule has 398 valence electrons. The highest BCUT2D eigenvalue weighted by Crippen LogP contribution is 2.15. The maximum atomic E-state index is 14.3. The summed E-state index contributed by atoms with van der Waals surface area (Å²) >= 11 is 0. The summed E-state index contributed by atoms with van der Waals surface area (Å²) in [5.41, 5.74) is 13.7. The number of carboxylic acids is 2. The lowest BCUT2D eigenvalue weighted by molar-refractivity contribution is -0.142. The van der Waals surface area contributed by atoms with Gasteiger partial charge in [-0.05, 0) is 85.3 Å². The number of H-pyrrole nitrogens is 1. The third-order valence-electron chi connectivity index (χ3n) is 11.2. The summed E-state index contributed by atoms with van der Waals surface area (Å²) in [7, 11) is 0. The van der Waals surface area contributed by atoms with E-state index in [1.54, 1.807) is 12.1 Å². The van der Waals surface area contributed by atoms with Crippen LogP contribution in [0, 0.1) is 0 Å². The average molecular weight is 1030 g/mol. The minimum atomic E-state index is -1.90. The van der Waals surface area contributed by atoms with E-state index in [9.17, 15) is 73.8 Å². The van der Waals surface area contributed by atoms with Crippen molar-refractivity contribution in [1.82, 2.24) is 47.2 Å². The molecule has 0 radical (unpaired) electrons. The molecule has 0 aliphatic rings. The maximum Gasteiger partial charge on any atom is 0.326 e. The molecule has 1 heterocycles. The molecule has 0 bridgehead atoms. The lowest BCUT2D eigenvalue weighted by Gasteiger charge is -2.27. The number of imidazole rings is 1. The van der Waals surface area contributed by atoms with Gasteiger partial charge < -0.3 is 84.3 Å². The largest absolute Gasteiger partial charge is 0.508 e. The molecule has 3 aromatic carbocycles. The van der Waals surface area contributed by atoms with Gasteiger partial charge >= 0.3 is 11.9 Å². The van der Waals surface area contributed by atoms with Gasteiger partial charge in [0.25, 0.3) is 0 Å². The van der Waals surface area contributed by atoms with Crippen molar-refractivity contribution in [2.24, 2.45) is 11.5 Å². The second-order valence-corrected chi connectivity index (χ2v) is 17.0. The minimum absolute atomic E-state index is 0.0101. The number of hydrogen-bond donors (Lipinski definition) is 16. The highest BCUT2D eigenvalue weighted by atomic mass is 16.4. The van der Waals surface area contributed by atoms with E-state index in [0.717, 1.165) is 0 Å². The second-order valence-electron chi connectivity index (χ2n) is 17.0. The molecular formula is C48H61N11O15. The van der Waals surface area contributed by atoms with Crippen LogP contribution in [0.25, 0.3) is 0 Å². The first-order chi connectivity index (χ1) is 35.2. The monoisotopic (exact) mass is 1030 g/mol. The Bertz CT molecular complexity index is 2530. The van der Waals surface area contributed by atoms with Gasteiger partial charge in [0, 0.05) is 31.2 Å². The second kappa shape index (κ2) is 29.0. The van der Waals surface area contributed by atoms with Crippen LogP contribution < -0.4 is 48.7 Å². The van der Waals surface area contributed by atoms with Gasteiger partial charge in [-0.15, -0.1) is 0 Å². The van der Waals surface area contributed by atoms with E-state index >= 15 is 0 Å². The Hall–Kier alpha value is -8.62. The molecule has 4 aromatic rings. The van der Waals surface area contributed by atoms with Crippen LogP contribution in [0.15, 0.2) is 85.3 Å². The lowest BCUT2D eigenvalue weighted by atomic mass is 10.0. The van der Waals surface area contributed by atoms with Crippen LogP contribution in [-0.4, -0.2) is 156 Å². The van der Waals surface area contributed by atoms with Gasteiger partial charge in [0.1, 0.15) is 53.5 Å². The van der Waals surface area contributed by atoms with E-state index in [1.807, 2.05) is 0 Å². The summed E-state index contributed by atoms with van der Waals surface area (Å²) in [6.07, 6.45) is 1.83. The van der Waals surface area contributed by atoms with Gasteiger partial charge in [0.2, 0.25) is 41.4 Å². The number of benzene rings is 3. The number of carboxylic acid groups (broad SMARTS) is 2. The van der Waals surface area contributed by atoms with Gasteiger partial charge in [0.15, 0.2) is 0 Å². The summed E-state index contributed by atoms with van der Waals surface area (Å²) < 4.78 is 0. The van der Waals surface area contributed by atoms with Crippen LogP contribution in [0.4, 0.5) is 0 Å². The number of carbonyl (C=O) groups excluding carboxylic acids is 7. The van der Waals surface area contributed by atoms with E-state index in [2.05, 4.69) is 47.2 Å². The molecule has 0 saturated heterocycles. The van der Waals surface area contributed by atoms with E-state index in [4.69, 9.17) is 11.5 Å². The number of aliphatic carboxylic acids is 2. The van der Waals surface area contributed by atoms with Crippen molar-refractivity contribution < 1.29 is 73.8 Å². The first kappa shape index (κ1) is 58.0. The predicted octanol–water partition coefficient (Wildman–Crippen LogP) is -3.17. The number of nitrogens with two attached hydrogens (primary N) is 2. The number of aromatic amines is 1. The smallest absolute Gasteiger partial charge is 0.326 e. The van der Waals surface area contributed by atoms with Crippen LogP contribution in [0.1, 0.15) is 48.1 Å². The van der Waals surface area contributed by atoms with Crippen LogP contribution in [0.5, 0.6) is 17.2 Å². The fourth-order valence-corrected chi connectivity index (χ4v) is 7.19. The van der Waals surface area contributed by atoms with Crippen molar-refractivity contribution >= 4 is 53.3 Å². The maximum absolute atomic E-state index is 14.3. The first-order valence-corrected chi connectivity index (χ1v) is 23.2. The van der Waals surface area contributed by atoms with Crippen molar-refractivity contribution in [3.05, 3.63) is 108 Å². The Morgan fingerprint density at radius 1 is 0.541 bits per heavy atom. The zero-order valence-electron chi connectivity index (χ0n) is 39.9. The molecular weight excluding hydrogens is 971 g/mol. The molecule has 0 spiro atoms. The number of hydrogen-bond acceptors (Lipinski definition) is 16. The number of phenolic OH excluding ortho intramolecular Hbond substituents is 3. The number of aromatic nitrogens is 2. The Morgan fingerprint density at radius 2 is 1.00 bits per heavy atom. The predicted molar refractivity (Wildman–Crippen MR) is 260 cm³/mol. The minimum Gasteiger partial charge on any atom is -0.508 e. The number of aromatic hydroxyl groups is 3. The highest BCUT2D eigenvalue weighted by Gasteiger charge is 2.34. The van der Waals surface area contributed by atoms with Crippen molar-refractivity contribution in [1.29, 1.82) is 0 Å². The SMILES string of the molecule is NCCCC[C@H](NC(=O)[C@@H](N)Cc1ccc(O)cc1)C(=O)N[C@@H](Cc1cnc[nH]1)C(=O)N[C@@H](Cc1ccc(O)cc1)C(=O)N[C@@H](CC(=O)O)C(=O)NCC(=O)N[C@@H](CO)C(=O)N[C@@H](Cc1ccc(O)cc1)C(=O)O. The number of rotatable bonds is 30. The molecule has 0 aliphatic carbocycles. The molecule has 74 heavy (non-hydrogen) atoms. The normalized spacial score (nSPS) is 13.8. The van der Waals surface area contributed by atoms with Crippen LogP contribution in [0.3, 0.4) is 0 Å². The molecule has 4 rings (SSSR count). The molecule has 26 nitrogen and oxygen atoms in total. The van der Waals surface area contributed by atoms with E-state index < -0.39 is 115 Å². The highest BCUT2D eigenvalue weighted by molar-refractivity contribution is 5.98. The molecule has 0 fully saturated rings. The molecule has 0 unspecified atom stereocenters. The quantitative estimate of drug-likeness (QED) is 0.0229. The third-order valence-corrected chi connectivity index (χ3v) is 11.2. The lowest BCUT2D eigenvalue weighted by Crippen LogP contribution is -2.60. The number of nitrogens with zero attached hydrogens (tertiary/aromatic N) is 1. The van der Waals surface area contributed by atoms with E-state index in [-0.39, 0.29) is 55.9 Å². The van der Waals surface area contributed by atoms with E-state index in [1.165, 1.54) is 73.2 Å². The first-order valence-electron chi connectivity index (χ1n) is 23.2. The standard InChI is InChI=1S/C48H61N11O15/c49-16-2-1-3-34(55-42(67)33(50)17-26-4-10-30(61)11-5-26)44(69)57-36(20-29-22-51-25-53-29)46(71)56-35(18-27-6-12-31(62)13-7-27)45(70)58-37(21-41(65)66)43(68)52-23-40(64)54-39(24-60)47(72)59-38(48(73)74)19-28-8-14-32(63)15-9-28/h4-15,22,25,33-39,60-63H,1-3,16-21,23-24,49-50H2,(H,51,53)(H,52,68)(H,54,64)(H,55,67)(H,56,71)(H,57,69)(H,58,70)(H,59,72)(H,65,66)(H,73,74)/t33-,34-,35-,36-,37-,38-,39-/m0/s1. The van der Waals surface area contributed by atoms with Crippen LogP contribution in [-0.2, 0) is 68.8 Å². The summed E-state index contributed by atoms with van der Waals surface area (Å²) in [6, 6.07) is 6.30. The van der Waals surface area contributed by atoms with Gasteiger partial charge in [0.05, 0.1) is 31.9 Å². The molecule has 18 N–H and O–H groups in total. The van der Waals surface area contributed by atoms with Gasteiger partial charge in [-0.2, -0.15) is 0 Å². The topological polar surface area (TPSA) is 440 Å². The van der Waals surface area contributed by atoms with Crippen molar-refractivity contribution in [2.75, 3.05) is 19.7 Å². The number of carbonyl (C=O) groups is 9. The molecule has 0 saturated carbocycles. The van der Waals surface area contributed by atoms with Gasteiger partial charge in [-0.1, -0.05) is 36.4 Å². The number of unbranched alkanes of at least 4 members (excludes halogenated alkanes) is 1. The number of aliphatic hydroxyl groups excluding tert-OH is 1. The van der Waals surface area contributed by atoms with Crippen LogP contribution >= 0.6 is 0 Å². The summed E-state index contributed by atoms with van der Waals surface area (Å²) in [5.74, 6) is -10.3. The third kappa shape index (κ3) is 19.5. The Balaban J connectivity index is 1.50. The molecule has 26 heteroatoms. The molecule has 7 amide bonds. The summed E-state index contributed by atoms with van der Waals surface area (Å²) in [4.78, 5) is 126. The zero-order valence-corrected chi connectivity index (χ0v) is 39.9. The number of aliphatic hydroxyl groups is 1. The fraction of sp³-hybridized carbons (Fsp3) is 0.375. The van der Waals surface area contributed by atoms with Crippen molar-refractivity contribution in [3.63, 3.8) is 0 Å². The Kier molecular flexibility index (Phi) is 22.7. The number of nitrogens with one attached hydrogen (secondary N) is 8. The van der Waals surface area contributed by atoms with Crippen molar-refractivity contribution in [2.45, 2.75) is 93.7 Å². The average Bonchev–Trinajstić information content (AvgIpc) is 3.88. The number of amides is 7. The molecule has 0 aliphatic heterocycles. The Labute approximate surface area is 423 Å². The number of phenols is 3. The van der Waals surface area contributed by atoms with E-state index in [0.29, 0.717) is 35.2 Å². The summed E-state index contributed by atoms with van der Waals surface area (Å²) in [5, 5.41) is 74.9. The van der Waals surface area contributed by atoms with Gasteiger partial charge in [-0.25, -0.2) is 9.78 Å². The van der Waals surface area contributed by atoms with Crippen molar-refractivity contribution in [3.8, 4) is 17.2 Å². The molecule has 1 aromatic heterocycles. The zero-order chi connectivity index (χ0) is 54.3. The molecule has 7 atom stereocenters. The van der Waals surface area contributed by atoms with Crippen LogP contribution in [0.2, 0.25) is 0 Å².